The van der Waals surface area contributed by atoms with Crippen molar-refractivity contribution in [1.82, 2.24) is 5.32 Å². The monoisotopic (exact) mass is 208 g/mol. The largest absolute Gasteiger partial charge is 0.309 e. The van der Waals surface area contributed by atoms with E-state index in [4.69, 9.17) is 5.26 Å². The summed E-state index contributed by atoms with van der Waals surface area (Å²) in [6.45, 7) is 5.24. The fourth-order valence-electron chi connectivity index (χ4n) is 1.02. The zero-order valence-corrected chi connectivity index (χ0v) is 8.68. The van der Waals surface area contributed by atoms with E-state index in [0.29, 0.717) is 5.56 Å². The van der Waals surface area contributed by atoms with E-state index in [2.05, 4.69) is 18.0 Å². The third kappa shape index (κ3) is 4.08. The van der Waals surface area contributed by atoms with Crippen molar-refractivity contribution in [2.24, 2.45) is 0 Å². The summed E-state index contributed by atoms with van der Waals surface area (Å²) in [5, 5.41) is 11.8. The summed E-state index contributed by atoms with van der Waals surface area (Å²) in [6, 6.07) is 9.64. The predicted molar refractivity (Wildman–Crippen MR) is 60.3 cm³/mol. The zero-order chi connectivity index (χ0) is 9.52. The van der Waals surface area contributed by atoms with Crippen molar-refractivity contribution < 1.29 is 0 Å². The van der Waals surface area contributed by atoms with Gasteiger partial charge in [-0.25, -0.2) is 0 Å². The molecule has 0 aliphatic rings. The van der Waals surface area contributed by atoms with Gasteiger partial charge in [-0.05, 0) is 17.7 Å². The van der Waals surface area contributed by atoms with E-state index < -0.39 is 0 Å². The molecule has 0 aliphatic carbocycles. The van der Waals surface area contributed by atoms with Crippen molar-refractivity contribution in [3.63, 3.8) is 0 Å². The van der Waals surface area contributed by atoms with Gasteiger partial charge in [-0.1, -0.05) is 18.2 Å². The first-order valence-electron chi connectivity index (χ1n) is 4.17. The van der Waals surface area contributed by atoms with Gasteiger partial charge < -0.3 is 5.32 Å². The molecule has 0 amide bonds. The van der Waals surface area contributed by atoms with Crippen molar-refractivity contribution in [3.8, 4) is 6.07 Å². The van der Waals surface area contributed by atoms with Crippen LogP contribution in [0.5, 0.6) is 0 Å². The Kier molecular flexibility index (Phi) is 6.47. The first-order valence-corrected chi connectivity index (χ1v) is 4.17. The summed E-state index contributed by atoms with van der Waals surface area (Å²) in [5.41, 5.74) is 1.88. The van der Waals surface area contributed by atoms with Crippen LogP contribution in [0.2, 0.25) is 0 Å². The van der Waals surface area contributed by atoms with Gasteiger partial charge in [-0.3, -0.25) is 0 Å². The molecule has 1 aromatic carbocycles. The van der Waals surface area contributed by atoms with E-state index in [0.717, 1.165) is 13.1 Å². The van der Waals surface area contributed by atoms with Crippen LogP contribution in [0.25, 0.3) is 0 Å². The Morgan fingerprint density at radius 3 is 2.50 bits per heavy atom. The second-order valence-corrected chi connectivity index (χ2v) is 2.73. The lowest BCUT2D eigenvalue weighted by atomic mass is 10.1. The van der Waals surface area contributed by atoms with E-state index in [-0.39, 0.29) is 12.4 Å². The second-order valence-electron chi connectivity index (χ2n) is 2.73. The van der Waals surface area contributed by atoms with Crippen LogP contribution in [0.4, 0.5) is 0 Å². The number of hydrogen-bond acceptors (Lipinski definition) is 2. The van der Waals surface area contributed by atoms with E-state index in [1.807, 2.05) is 30.3 Å². The fraction of sp³-hybridized carbons (Fsp3) is 0.182. The number of benzene rings is 1. The molecule has 0 heterocycles. The fourth-order valence-corrected chi connectivity index (χ4v) is 1.02. The molecule has 1 aromatic rings. The topological polar surface area (TPSA) is 35.8 Å². The maximum absolute atomic E-state index is 8.56. The van der Waals surface area contributed by atoms with Crippen LogP contribution in [0, 0.1) is 11.3 Å². The molecule has 0 atom stereocenters. The lowest BCUT2D eigenvalue weighted by molar-refractivity contribution is 0.760. The summed E-state index contributed by atoms with van der Waals surface area (Å²) < 4.78 is 0. The molecule has 0 spiro atoms. The number of rotatable bonds is 4. The highest BCUT2D eigenvalue weighted by molar-refractivity contribution is 5.85. The van der Waals surface area contributed by atoms with E-state index in [1.165, 1.54) is 5.56 Å². The summed E-state index contributed by atoms with van der Waals surface area (Å²) in [7, 11) is 0. The van der Waals surface area contributed by atoms with Gasteiger partial charge in [-0.2, -0.15) is 5.26 Å². The van der Waals surface area contributed by atoms with Crippen LogP contribution < -0.4 is 5.32 Å². The first kappa shape index (κ1) is 12.7. The Bertz CT molecular complexity index is 311. The van der Waals surface area contributed by atoms with Crippen molar-refractivity contribution in [1.29, 1.82) is 5.26 Å². The van der Waals surface area contributed by atoms with Gasteiger partial charge >= 0.3 is 0 Å². The third-order valence-corrected chi connectivity index (χ3v) is 1.70. The predicted octanol–water partition coefficient (Wildman–Crippen LogP) is 2.26. The highest BCUT2D eigenvalue weighted by Gasteiger charge is 1.91. The van der Waals surface area contributed by atoms with Gasteiger partial charge in [-0.15, -0.1) is 19.0 Å². The van der Waals surface area contributed by atoms with Gasteiger partial charge in [0, 0.05) is 13.1 Å². The lowest BCUT2D eigenvalue weighted by Crippen LogP contribution is -2.12. The molecule has 0 aromatic heterocycles. The molecule has 2 nitrogen and oxygen atoms in total. The lowest BCUT2D eigenvalue weighted by Gasteiger charge is -2.01. The minimum Gasteiger partial charge on any atom is -0.309 e. The molecule has 0 fully saturated rings. The average molecular weight is 209 g/mol. The van der Waals surface area contributed by atoms with Crippen molar-refractivity contribution in [2.45, 2.75) is 6.54 Å². The number of nitrogens with one attached hydrogen (secondary N) is 1. The van der Waals surface area contributed by atoms with Crippen LogP contribution in [0.1, 0.15) is 11.1 Å². The highest BCUT2D eigenvalue weighted by atomic mass is 35.5. The first-order chi connectivity index (χ1) is 6.36. The number of nitriles is 1. The Hall–Kier alpha value is -1.30. The van der Waals surface area contributed by atoms with Crippen molar-refractivity contribution in [2.75, 3.05) is 6.54 Å². The molecule has 0 unspecified atom stereocenters. The van der Waals surface area contributed by atoms with Crippen LogP contribution in [0.15, 0.2) is 36.9 Å². The molecule has 0 saturated heterocycles. The third-order valence-electron chi connectivity index (χ3n) is 1.70. The van der Waals surface area contributed by atoms with Crippen LogP contribution in [0.3, 0.4) is 0 Å². The van der Waals surface area contributed by atoms with Gasteiger partial charge in [0.1, 0.15) is 0 Å². The smallest absolute Gasteiger partial charge is 0.0991 e. The standard InChI is InChI=1S/C11H12N2.ClH/c1-2-7-13-9-11-5-3-10(8-12)4-6-11;/h2-6,13H,1,7,9H2;1H. The van der Waals surface area contributed by atoms with Crippen LogP contribution in [-0.2, 0) is 6.54 Å². The van der Waals surface area contributed by atoms with Crippen LogP contribution in [-0.4, -0.2) is 6.54 Å². The number of nitrogens with zero attached hydrogens (tertiary/aromatic N) is 1. The maximum atomic E-state index is 8.56. The van der Waals surface area contributed by atoms with Gasteiger partial charge in [0.2, 0.25) is 0 Å². The minimum atomic E-state index is 0. The molecular formula is C11H13ClN2. The minimum absolute atomic E-state index is 0. The van der Waals surface area contributed by atoms with Crippen molar-refractivity contribution >= 4 is 12.4 Å². The van der Waals surface area contributed by atoms with E-state index in [1.54, 1.807) is 0 Å². The normalized spacial score (nSPS) is 8.50. The quantitative estimate of drug-likeness (QED) is 0.609. The molecule has 14 heavy (non-hydrogen) atoms. The number of hydrogen-bond donors (Lipinski definition) is 1. The Labute approximate surface area is 90.7 Å². The summed E-state index contributed by atoms with van der Waals surface area (Å²) in [6.07, 6.45) is 1.82. The highest BCUT2D eigenvalue weighted by Crippen LogP contribution is 2.02. The molecular weight excluding hydrogens is 196 g/mol. The molecule has 1 N–H and O–H groups in total. The molecule has 3 heteroatoms. The summed E-state index contributed by atoms with van der Waals surface area (Å²) in [5.74, 6) is 0. The maximum Gasteiger partial charge on any atom is 0.0991 e. The van der Waals surface area contributed by atoms with E-state index >= 15 is 0 Å². The molecule has 0 radical (unpaired) electrons. The number of halogens is 1. The zero-order valence-electron chi connectivity index (χ0n) is 7.86. The average Bonchev–Trinajstić information content (AvgIpc) is 2.19. The summed E-state index contributed by atoms with van der Waals surface area (Å²) >= 11 is 0. The SMILES string of the molecule is C=CCNCc1ccc(C#N)cc1.Cl. The van der Waals surface area contributed by atoms with Crippen LogP contribution >= 0.6 is 12.4 Å². The van der Waals surface area contributed by atoms with E-state index in [9.17, 15) is 0 Å². The van der Waals surface area contributed by atoms with Crippen molar-refractivity contribution in [3.05, 3.63) is 48.0 Å². The Balaban J connectivity index is 0.00000169. The second kappa shape index (κ2) is 7.14. The van der Waals surface area contributed by atoms with Gasteiger partial charge in [0.25, 0.3) is 0 Å². The molecule has 0 bridgehead atoms. The molecule has 0 aliphatic heterocycles. The van der Waals surface area contributed by atoms with Gasteiger partial charge in [0.05, 0.1) is 11.6 Å². The molecule has 0 saturated carbocycles. The summed E-state index contributed by atoms with van der Waals surface area (Å²) in [4.78, 5) is 0. The Morgan fingerprint density at radius 2 is 2.00 bits per heavy atom. The Morgan fingerprint density at radius 1 is 1.36 bits per heavy atom. The molecule has 74 valence electrons. The molecule has 1 rings (SSSR count). The van der Waals surface area contributed by atoms with Gasteiger partial charge in [0.15, 0.2) is 0 Å².